The van der Waals surface area contributed by atoms with E-state index < -0.39 is 32.3 Å². The number of benzene rings is 1. The molecule has 0 aliphatic carbocycles. The van der Waals surface area contributed by atoms with Gasteiger partial charge < -0.3 is 23.3 Å². The summed E-state index contributed by atoms with van der Waals surface area (Å²) in [4.78, 5) is 36.0. The maximum Gasteiger partial charge on any atom is 0.523 e. The van der Waals surface area contributed by atoms with Gasteiger partial charge in [0.2, 0.25) is 0 Å². The van der Waals surface area contributed by atoms with Crippen molar-refractivity contribution in [3.8, 4) is 0 Å². The molecule has 0 bridgehead atoms. The van der Waals surface area contributed by atoms with Crippen molar-refractivity contribution in [3.63, 3.8) is 0 Å². The summed E-state index contributed by atoms with van der Waals surface area (Å²) in [5.74, 6) is -1.86. The minimum absolute atomic E-state index is 0.0870. The molecule has 1 N–H and O–H groups in total. The summed E-state index contributed by atoms with van der Waals surface area (Å²) >= 11 is 0. The Kier molecular flexibility index (Phi) is 7.25. The molecule has 1 aromatic carbocycles. The third-order valence-corrected chi connectivity index (χ3v) is 7.58. The lowest BCUT2D eigenvalue weighted by Gasteiger charge is -2.33. The Morgan fingerprint density at radius 3 is 2.30 bits per heavy atom. The van der Waals surface area contributed by atoms with E-state index >= 15 is 0 Å². The van der Waals surface area contributed by atoms with Crippen LogP contribution in [-0.4, -0.2) is 53.6 Å². The number of cyclic esters (lactones) is 2. The summed E-state index contributed by atoms with van der Waals surface area (Å²) in [6.07, 6.45) is 3.54. The Hall–Kier alpha value is -2.07. The first-order valence-electron chi connectivity index (χ1n) is 8.79. The molecule has 0 fully saturated rings. The van der Waals surface area contributed by atoms with Crippen molar-refractivity contribution in [3.05, 3.63) is 34.9 Å². The van der Waals surface area contributed by atoms with Gasteiger partial charge in [-0.3, -0.25) is 4.79 Å². The molecule has 9 heteroatoms. The molecule has 0 radical (unpaired) electrons. The predicted molar refractivity (Wildman–Crippen MR) is 98.4 cm³/mol. The molecule has 1 atom stereocenters. The molecule has 1 aromatic rings. The van der Waals surface area contributed by atoms with Gasteiger partial charge in [-0.1, -0.05) is 26.2 Å². The summed E-state index contributed by atoms with van der Waals surface area (Å²) in [6.45, 7) is 2.09. The van der Waals surface area contributed by atoms with E-state index in [0.717, 1.165) is 19.3 Å². The van der Waals surface area contributed by atoms with Crippen LogP contribution in [0, 0.1) is 0 Å². The summed E-state index contributed by atoms with van der Waals surface area (Å²) in [7, 11) is 1.37. The fourth-order valence-corrected chi connectivity index (χ4v) is 5.30. The van der Waals surface area contributed by atoms with Crippen LogP contribution in [0.3, 0.4) is 0 Å². The molecule has 0 saturated heterocycles. The largest absolute Gasteiger partial charge is 0.523 e. The molecule has 2 rings (SSSR count). The number of ether oxygens (including phenoxy) is 1. The monoisotopic (exact) mass is 395 g/mol. The van der Waals surface area contributed by atoms with Crippen LogP contribution in [0.5, 0.6) is 0 Å². The van der Waals surface area contributed by atoms with Crippen LogP contribution in [0.1, 0.15) is 63.7 Å². The lowest BCUT2D eigenvalue weighted by molar-refractivity contribution is 0.0443. The van der Waals surface area contributed by atoms with Gasteiger partial charge in [-0.05, 0) is 24.6 Å². The molecule has 148 valence electrons. The second-order valence-corrected chi connectivity index (χ2v) is 9.30. The highest BCUT2D eigenvalue weighted by Crippen LogP contribution is 2.22. The quantitative estimate of drug-likeness (QED) is 0.280. The molecule has 1 heterocycles. The van der Waals surface area contributed by atoms with Crippen molar-refractivity contribution >= 4 is 26.7 Å². The lowest BCUT2D eigenvalue weighted by Crippen LogP contribution is -2.61. The van der Waals surface area contributed by atoms with Crippen molar-refractivity contribution in [1.29, 1.82) is 0 Å². The standard InChI is InChI=1S/C18H25NO7Si/c1-5-6-7-8-15(27(23-2,24-3)25-4)19-16(20)12-9-10-13-14(11-12)18(22)26-17(13)21/h9-11,15H,5-8H2,1-4H3,(H,19,20). The zero-order chi connectivity index (χ0) is 20.0. The zero-order valence-corrected chi connectivity index (χ0v) is 17.0. The fraction of sp³-hybridized carbons (Fsp3) is 0.500. The van der Waals surface area contributed by atoms with E-state index in [2.05, 4.69) is 17.0 Å². The summed E-state index contributed by atoms with van der Waals surface area (Å²) < 4.78 is 21.2. The number of hydrogen-bond acceptors (Lipinski definition) is 7. The van der Waals surface area contributed by atoms with E-state index in [9.17, 15) is 14.4 Å². The van der Waals surface area contributed by atoms with Crippen molar-refractivity contribution in [1.82, 2.24) is 5.32 Å². The molecule has 1 aliphatic heterocycles. The summed E-state index contributed by atoms with van der Waals surface area (Å²) in [5, 5.41) is 2.91. The number of esters is 2. The number of carbonyl (C=O) groups excluding carboxylic acids is 3. The van der Waals surface area contributed by atoms with E-state index in [-0.39, 0.29) is 16.7 Å². The highest BCUT2D eigenvalue weighted by atomic mass is 28.4. The second-order valence-electron chi connectivity index (χ2n) is 6.18. The molecule has 0 saturated carbocycles. The van der Waals surface area contributed by atoms with Crippen molar-refractivity contribution in [2.75, 3.05) is 21.3 Å². The number of unbranched alkanes of at least 4 members (excludes halogenated alkanes) is 2. The molecular formula is C18H25NO7Si. The number of hydrogen-bond donors (Lipinski definition) is 1. The Labute approximate surface area is 159 Å². The van der Waals surface area contributed by atoms with Crippen LogP contribution in [0.2, 0.25) is 0 Å². The third-order valence-electron chi connectivity index (χ3n) is 4.59. The highest BCUT2D eigenvalue weighted by molar-refractivity contribution is 6.62. The van der Waals surface area contributed by atoms with E-state index in [1.54, 1.807) is 0 Å². The van der Waals surface area contributed by atoms with E-state index in [1.165, 1.54) is 39.5 Å². The second kappa shape index (κ2) is 9.22. The van der Waals surface area contributed by atoms with Crippen molar-refractivity contribution in [2.45, 2.75) is 38.3 Å². The molecule has 8 nitrogen and oxygen atoms in total. The van der Waals surface area contributed by atoms with E-state index in [0.29, 0.717) is 6.42 Å². The van der Waals surface area contributed by atoms with E-state index in [1.807, 2.05) is 0 Å². The highest BCUT2D eigenvalue weighted by Gasteiger charge is 2.48. The van der Waals surface area contributed by atoms with Crippen LogP contribution < -0.4 is 5.32 Å². The van der Waals surface area contributed by atoms with Gasteiger partial charge in [0.15, 0.2) is 0 Å². The Morgan fingerprint density at radius 2 is 1.70 bits per heavy atom. The van der Waals surface area contributed by atoms with Crippen LogP contribution in [0.25, 0.3) is 0 Å². The van der Waals surface area contributed by atoms with Gasteiger partial charge in [-0.15, -0.1) is 0 Å². The minimum Gasteiger partial charge on any atom is -0.386 e. The smallest absolute Gasteiger partial charge is 0.386 e. The topological polar surface area (TPSA) is 100 Å². The number of carbonyl (C=O) groups is 3. The average molecular weight is 395 g/mol. The first-order chi connectivity index (χ1) is 12.9. The lowest BCUT2D eigenvalue weighted by atomic mass is 10.1. The molecule has 0 spiro atoms. The minimum atomic E-state index is -3.12. The number of amides is 1. The maximum absolute atomic E-state index is 12.8. The Morgan fingerprint density at radius 1 is 1.07 bits per heavy atom. The first-order valence-corrected chi connectivity index (χ1v) is 10.6. The van der Waals surface area contributed by atoms with Crippen molar-refractivity contribution in [2.24, 2.45) is 0 Å². The molecule has 1 amide bonds. The average Bonchev–Trinajstić information content (AvgIpc) is 2.97. The van der Waals surface area contributed by atoms with Gasteiger partial charge in [0.1, 0.15) is 0 Å². The normalized spacial score (nSPS) is 14.7. The predicted octanol–water partition coefficient (Wildman–Crippen LogP) is 2.09. The zero-order valence-electron chi connectivity index (χ0n) is 16.0. The molecule has 0 aromatic heterocycles. The first kappa shape index (κ1) is 21.2. The summed E-state index contributed by atoms with van der Waals surface area (Å²) in [6, 6.07) is 4.25. The van der Waals surface area contributed by atoms with Crippen LogP contribution in [-0.2, 0) is 18.0 Å². The molecule has 27 heavy (non-hydrogen) atoms. The fourth-order valence-electron chi connectivity index (χ4n) is 3.08. The van der Waals surface area contributed by atoms with Gasteiger partial charge >= 0.3 is 20.7 Å². The molecule has 1 aliphatic rings. The molecule has 1 unspecified atom stereocenters. The number of nitrogens with one attached hydrogen (secondary N) is 1. The number of rotatable bonds is 10. The SMILES string of the molecule is CCCCCC(NC(=O)c1ccc2c(c1)C(=O)OC2=O)[Si](OC)(OC)OC. The van der Waals surface area contributed by atoms with Gasteiger partial charge in [0.25, 0.3) is 5.91 Å². The van der Waals surface area contributed by atoms with E-state index in [4.69, 9.17) is 13.3 Å². The summed E-state index contributed by atoms with van der Waals surface area (Å²) in [5.41, 5.74) is 0.0415. The van der Waals surface area contributed by atoms with Gasteiger partial charge in [-0.25, -0.2) is 9.59 Å². The Balaban J connectivity index is 2.23. The van der Waals surface area contributed by atoms with Crippen LogP contribution in [0.15, 0.2) is 18.2 Å². The van der Waals surface area contributed by atoms with Crippen LogP contribution >= 0.6 is 0 Å². The van der Waals surface area contributed by atoms with Crippen molar-refractivity contribution < 1.29 is 32.4 Å². The van der Waals surface area contributed by atoms with Crippen LogP contribution in [0.4, 0.5) is 0 Å². The molecular weight excluding hydrogens is 370 g/mol. The Bertz CT molecular complexity index is 709. The maximum atomic E-state index is 12.8. The number of fused-ring (bicyclic) bond motifs is 1. The van der Waals surface area contributed by atoms with Gasteiger partial charge in [0.05, 0.1) is 16.8 Å². The third kappa shape index (κ3) is 4.44. The van der Waals surface area contributed by atoms with Gasteiger partial charge in [0, 0.05) is 26.9 Å². The van der Waals surface area contributed by atoms with Gasteiger partial charge in [-0.2, -0.15) is 0 Å².